The van der Waals surface area contributed by atoms with E-state index in [1.807, 2.05) is 0 Å². The fourth-order valence-corrected chi connectivity index (χ4v) is 5.82. The van der Waals surface area contributed by atoms with Crippen molar-refractivity contribution in [1.29, 1.82) is 0 Å². The van der Waals surface area contributed by atoms with Crippen molar-refractivity contribution in [3.63, 3.8) is 0 Å². The monoisotopic (exact) mass is 499 g/mol. The minimum Gasteiger partial charge on any atom is -0.482 e. The number of hydrogen-bond acceptors (Lipinski definition) is 6. The summed E-state index contributed by atoms with van der Waals surface area (Å²) >= 11 is 1.18. The number of pyridine rings is 1. The minimum absolute atomic E-state index is 0.0754. The van der Waals surface area contributed by atoms with Crippen LogP contribution in [0.15, 0.2) is 35.5 Å². The second-order valence-electron chi connectivity index (χ2n) is 8.81. The van der Waals surface area contributed by atoms with Gasteiger partial charge in [0.25, 0.3) is 0 Å². The van der Waals surface area contributed by atoms with E-state index in [1.54, 1.807) is 13.8 Å². The van der Waals surface area contributed by atoms with Crippen LogP contribution in [0, 0.1) is 18.7 Å². The first-order valence-electron chi connectivity index (χ1n) is 10.5. The standard InChI is InChI=1S/C23H22F5N3O2S/c1-12-5-14(33-11-23(26,27)28)9-30-19(12)17(32)7-13-3-4-16(25)15(6-13)21(2)18-8-22(18,10-24)34-20(29)31-21/h3-6,9,18H,7-8,10-11H2,1-2H3,(H2,29,31)/t18-,21+,22+/m0/s1. The zero-order valence-electron chi connectivity index (χ0n) is 18.4. The van der Waals surface area contributed by atoms with Crippen molar-refractivity contribution in [2.45, 2.75) is 43.2 Å². The van der Waals surface area contributed by atoms with Gasteiger partial charge in [0.2, 0.25) is 0 Å². The number of thioether (sulfide) groups is 1. The van der Waals surface area contributed by atoms with Crippen molar-refractivity contribution in [3.05, 3.63) is 58.7 Å². The topological polar surface area (TPSA) is 77.6 Å². The number of aromatic nitrogens is 1. The number of carbonyl (C=O) groups is 1. The zero-order chi connectivity index (χ0) is 24.9. The Morgan fingerprint density at radius 1 is 1.32 bits per heavy atom. The molecule has 11 heteroatoms. The number of ether oxygens (including phenoxy) is 1. The fraction of sp³-hybridized carbons (Fsp3) is 0.435. The summed E-state index contributed by atoms with van der Waals surface area (Å²) < 4.78 is 69.6. The highest BCUT2D eigenvalue weighted by Gasteiger charge is 2.66. The number of halogens is 5. The van der Waals surface area contributed by atoms with Crippen molar-refractivity contribution >= 4 is 22.7 Å². The van der Waals surface area contributed by atoms with Gasteiger partial charge in [0.15, 0.2) is 17.6 Å². The molecule has 1 aliphatic carbocycles. The van der Waals surface area contributed by atoms with E-state index in [4.69, 9.17) is 5.73 Å². The van der Waals surface area contributed by atoms with Crippen LogP contribution in [0.2, 0.25) is 0 Å². The fourth-order valence-electron chi connectivity index (χ4n) is 4.50. The SMILES string of the molecule is Cc1cc(OCC(F)(F)F)cnc1C(=O)Cc1ccc(F)c([C@@]2(C)N=C(N)S[C@@]3(CF)C[C@H]32)c1. The number of amidine groups is 1. The predicted octanol–water partition coefficient (Wildman–Crippen LogP) is 4.90. The predicted molar refractivity (Wildman–Crippen MR) is 118 cm³/mol. The summed E-state index contributed by atoms with van der Waals surface area (Å²) in [5.74, 6) is -1.25. The summed E-state index contributed by atoms with van der Waals surface area (Å²) in [7, 11) is 0. The molecule has 1 fully saturated rings. The number of alkyl halides is 4. The van der Waals surface area contributed by atoms with Crippen molar-refractivity contribution in [2.75, 3.05) is 13.3 Å². The maximum Gasteiger partial charge on any atom is 0.422 e. The summed E-state index contributed by atoms with van der Waals surface area (Å²) in [5.41, 5.74) is 6.04. The molecule has 3 atom stereocenters. The highest BCUT2D eigenvalue weighted by atomic mass is 32.2. The molecular formula is C23H22F5N3O2S. The smallest absolute Gasteiger partial charge is 0.422 e. The number of fused-ring (bicyclic) bond motifs is 1. The van der Waals surface area contributed by atoms with Crippen LogP contribution >= 0.6 is 11.8 Å². The molecule has 182 valence electrons. The first kappa shape index (κ1) is 24.4. The molecule has 0 spiro atoms. The average molecular weight is 500 g/mol. The molecule has 1 aromatic heterocycles. The normalized spacial score (nSPS) is 26.0. The molecule has 0 radical (unpaired) electrons. The van der Waals surface area contributed by atoms with Crippen molar-refractivity contribution in [2.24, 2.45) is 16.6 Å². The van der Waals surface area contributed by atoms with E-state index in [9.17, 15) is 26.7 Å². The Labute approximate surface area is 197 Å². The molecule has 0 bridgehead atoms. The molecular weight excluding hydrogens is 477 g/mol. The number of aryl methyl sites for hydroxylation is 1. The Bertz CT molecular complexity index is 1170. The molecule has 0 amide bonds. The van der Waals surface area contributed by atoms with Crippen LogP contribution in [-0.2, 0) is 12.0 Å². The molecule has 34 heavy (non-hydrogen) atoms. The molecule has 0 unspecified atom stereocenters. The van der Waals surface area contributed by atoms with Gasteiger partial charge in [-0.15, -0.1) is 0 Å². The number of carbonyl (C=O) groups excluding carboxylic acids is 1. The lowest BCUT2D eigenvalue weighted by Gasteiger charge is -2.33. The quantitative estimate of drug-likeness (QED) is 0.433. The van der Waals surface area contributed by atoms with Gasteiger partial charge in [-0.2, -0.15) is 13.2 Å². The second kappa shape index (κ2) is 8.51. The summed E-state index contributed by atoms with van der Waals surface area (Å²) in [6.45, 7) is 1.20. The number of hydrogen-bond donors (Lipinski definition) is 1. The van der Waals surface area contributed by atoms with Gasteiger partial charge in [-0.1, -0.05) is 17.8 Å². The number of nitrogens with zero attached hydrogens (tertiary/aromatic N) is 2. The third-order valence-corrected chi connectivity index (χ3v) is 7.51. The summed E-state index contributed by atoms with van der Waals surface area (Å²) in [5, 5.41) is 0.197. The highest BCUT2D eigenvalue weighted by Crippen LogP contribution is 2.66. The van der Waals surface area contributed by atoms with Crippen molar-refractivity contribution in [3.8, 4) is 5.75 Å². The summed E-state index contributed by atoms with van der Waals surface area (Å²) in [6.07, 6.45) is -3.03. The molecule has 0 saturated heterocycles. The van der Waals surface area contributed by atoms with Gasteiger partial charge in [0.1, 0.15) is 23.9 Å². The first-order valence-corrected chi connectivity index (χ1v) is 11.3. The van der Waals surface area contributed by atoms with Crippen LogP contribution in [0.5, 0.6) is 5.75 Å². The Kier molecular flexibility index (Phi) is 6.12. The third-order valence-electron chi connectivity index (χ3n) is 6.24. The molecule has 2 aromatic rings. The minimum atomic E-state index is -4.49. The second-order valence-corrected chi connectivity index (χ2v) is 10.2. The molecule has 1 aliphatic heterocycles. The molecule has 5 nitrogen and oxygen atoms in total. The van der Waals surface area contributed by atoms with E-state index in [1.165, 1.54) is 36.0 Å². The van der Waals surface area contributed by atoms with E-state index in [0.717, 1.165) is 6.20 Å². The van der Waals surface area contributed by atoms with E-state index in [-0.39, 0.29) is 34.5 Å². The first-order chi connectivity index (χ1) is 15.9. The van der Waals surface area contributed by atoms with Gasteiger partial charge >= 0.3 is 6.18 Å². The summed E-state index contributed by atoms with van der Waals surface area (Å²) in [6, 6.07) is 5.56. The van der Waals surface area contributed by atoms with Gasteiger partial charge in [-0.25, -0.2) is 13.8 Å². The zero-order valence-corrected chi connectivity index (χ0v) is 19.2. The van der Waals surface area contributed by atoms with E-state index in [2.05, 4.69) is 14.7 Å². The van der Waals surface area contributed by atoms with Crippen molar-refractivity contribution < 1.29 is 31.5 Å². The Balaban J connectivity index is 1.55. The van der Waals surface area contributed by atoms with Crippen LogP contribution in [0.3, 0.4) is 0 Å². The van der Waals surface area contributed by atoms with E-state index < -0.39 is 41.3 Å². The Morgan fingerprint density at radius 3 is 2.71 bits per heavy atom. The van der Waals surface area contributed by atoms with Crippen LogP contribution in [0.4, 0.5) is 22.0 Å². The van der Waals surface area contributed by atoms with Crippen molar-refractivity contribution in [1.82, 2.24) is 4.98 Å². The molecule has 1 saturated carbocycles. The Morgan fingerprint density at radius 2 is 2.06 bits per heavy atom. The third kappa shape index (κ3) is 4.62. The van der Waals surface area contributed by atoms with Gasteiger partial charge < -0.3 is 10.5 Å². The number of nitrogens with two attached hydrogens (primary N) is 1. The molecule has 2 aliphatic rings. The number of Topliss-reactive ketones (excluding diaryl/α,β-unsaturated/α-hetero) is 1. The largest absolute Gasteiger partial charge is 0.482 e. The highest BCUT2D eigenvalue weighted by molar-refractivity contribution is 8.15. The average Bonchev–Trinajstić information content (AvgIpc) is 3.49. The lowest BCUT2D eigenvalue weighted by molar-refractivity contribution is -0.153. The number of rotatable bonds is 7. The molecule has 4 rings (SSSR count). The van der Waals surface area contributed by atoms with Crippen LogP contribution in [-0.4, -0.2) is 40.1 Å². The molecule has 2 N–H and O–H groups in total. The maximum absolute atomic E-state index is 14.9. The van der Waals surface area contributed by atoms with Crippen LogP contribution in [0.1, 0.15) is 40.5 Å². The van der Waals surface area contributed by atoms with E-state index in [0.29, 0.717) is 17.5 Å². The van der Waals surface area contributed by atoms with Gasteiger partial charge in [0.05, 0.1) is 16.5 Å². The summed E-state index contributed by atoms with van der Waals surface area (Å²) in [4.78, 5) is 21.3. The molecule has 1 aromatic carbocycles. The van der Waals surface area contributed by atoms with Gasteiger partial charge in [-0.3, -0.25) is 9.79 Å². The van der Waals surface area contributed by atoms with Crippen LogP contribution in [0.25, 0.3) is 0 Å². The maximum atomic E-state index is 14.9. The number of aliphatic imine (C=N–C) groups is 1. The Hall–Kier alpha value is -2.69. The lowest BCUT2D eigenvalue weighted by atomic mass is 9.84. The van der Waals surface area contributed by atoms with E-state index >= 15 is 0 Å². The number of ketones is 1. The lowest BCUT2D eigenvalue weighted by Crippen LogP contribution is -2.36. The van der Waals surface area contributed by atoms with Crippen LogP contribution < -0.4 is 10.5 Å². The number of benzene rings is 1. The molecule has 2 heterocycles. The van der Waals surface area contributed by atoms with Gasteiger partial charge in [0, 0.05) is 17.9 Å². The van der Waals surface area contributed by atoms with Gasteiger partial charge in [-0.05, 0) is 49.6 Å².